The number of rotatable bonds is 6. The predicted octanol–water partition coefficient (Wildman–Crippen LogP) is 3.50. The fraction of sp³-hybridized carbons (Fsp3) is 0.300. The number of ketones is 1. The van der Waals surface area contributed by atoms with Gasteiger partial charge < -0.3 is 5.32 Å². The number of hydrogen-bond donors (Lipinski definition) is 1. The number of Topliss-reactive ketones (excluding diaryl/α,β-unsaturated/α-hetero) is 1. The topological polar surface area (TPSA) is 81.1 Å². The van der Waals surface area contributed by atoms with E-state index in [0.717, 1.165) is 11.3 Å². The number of amides is 1. The minimum atomic E-state index is -0.204. The summed E-state index contributed by atoms with van der Waals surface area (Å²) in [6.45, 7) is 5.58. The molecule has 2 heterocycles. The number of benzene rings is 1. The molecule has 7 heteroatoms. The van der Waals surface area contributed by atoms with Crippen LogP contribution >= 0.6 is 11.3 Å². The Bertz CT molecular complexity index is 1050. The number of thiophene rings is 1. The second-order valence-electron chi connectivity index (χ2n) is 6.61. The molecule has 1 N–H and O–H groups in total. The van der Waals surface area contributed by atoms with Gasteiger partial charge in [-0.05, 0) is 36.8 Å². The zero-order chi connectivity index (χ0) is 19.6. The summed E-state index contributed by atoms with van der Waals surface area (Å²) in [6, 6.07) is 8.51. The molecular weight excluding hydrogens is 362 g/mol. The van der Waals surface area contributed by atoms with Crippen molar-refractivity contribution >= 4 is 38.9 Å². The lowest BCUT2D eigenvalue weighted by molar-refractivity contribution is -0.118. The molecule has 2 aromatic heterocycles. The number of aryl methyl sites for hydroxylation is 1. The lowest BCUT2D eigenvalue weighted by atomic mass is 10.1. The number of nitrogens with zero attached hydrogens (tertiary/aromatic N) is 2. The molecular formula is C20H21N3O3S. The molecule has 27 heavy (non-hydrogen) atoms. The molecule has 6 nitrogen and oxygen atoms in total. The van der Waals surface area contributed by atoms with Crippen LogP contribution in [-0.4, -0.2) is 21.2 Å². The molecule has 3 rings (SSSR count). The minimum absolute atomic E-state index is 0.0726. The van der Waals surface area contributed by atoms with Crippen LogP contribution in [0, 0.1) is 5.92 Å². The van der Waals surface area contributed by atoms with E-state index in [4.69, 9.17) is 0 Å². The number of aromatic nitrogens is 2. The minimum Gasteiger partial charge on any atom is -0.326 e. The van der Waals surface area contributed by atoms with Gasteiger partial charge in [0.2, 0.25) is 5.91 Å². The standard InChI is InChI=1S/C20H21N3O3S/c1-4-15-9-16-19(27-15)21-11-23(20(16)26)10-17(24)13-5-7-14(8-6-13)22-18(25)12(2)3/h5-9,11-12H,4,10H2,1-3H3,(H,22,25). The smallest absolute Gasteiger partial charge is 0.262 e. The fourth-order valence-electron chi connectivity index (χ4n) is 2.57. The van der Waals surface area contributed by atoms with E-state index >= 15 is 0 Å². The summed E-state index contributed by atoms with van der Waals surface area (Å²) in [5, 5.41) is 3.33. The van der Waals surface area contributed by atoms with Crippen LogP contribution in [0.1, 0.15) is 36.0 Å². The van der Waals surface area contributed by atoms with Crippen molar-refractivity contribution in [2.24, 2.45) is 5.92 Å². The molecule has 0 bridgehead atoms. The molecule has 0 fully saturated rings. The SMILES string of the molecule is CCc1cc2c(=O)n(CC(=O)c3ccc(NC(=O)C(C)C)cc3)cnc2s1. The Labute approximate surface area is 160 Å². The van der Waals surface area contributed by atoms with E-state index < -0.39 is 0 Å². The van der Waals surface area contributed by atoms with Crippen molar-refractivity contribution in [2.75, 3.05) is 5.32 Å². The van der Waals surface area contributed by atoms with Crippen LogP contribution in [0.5, 0.6) is 0 Å². The molecule has 0 aliphatic rings. The van der Waals surface area contributed by atoms with Gasteiger partial charge >= 0.3 is 0 Å². The molecule has 0 aliphatic heterocycles. The van der Waals surface area contributed by atoms with E-state index in [0.29, 0.717) is 21.5 Å². The van der Waals surface area contributed by atoms with Crippen molar-refractivity contribution in [3.05, 3.63) is 57.5 Å². The van der Waals surface area contributed by atoms with E-state index in [1.165, 1.54) is 22.2 Å². The van der Waals surface area contributed by atoms with Gasteiger partial charge in [-0.15, -0.1) is 11.3 Å². The Kier molecular flexibility index (Phi) is 5.51. The first-order valence-corrected chi connectivity index (χ1v) is 9.62. The average molecular weight is 383 g/mol. The third kappa shape index (κ3) is 4.14. The Morgan fingerprint density at radius 2 is 1.93 bits per heavy atom. The summed E-state index contributed by atoms with van der Waals surface area (Å²) in [5.74, 6) is -0.390. The van der Waals surface area contributed by atoms with Crippen LogP contribution in [0.25, 0.3) is 10.2 Å². The van der Waals surface area contributed by atoms with E-state index in [-0.39, 0.29) is 29.7 Å². The zero-order valence-corrected chi connectivity index (χ0v) is 16.3. The first-order chi connectivity index (χ1) is 12.9. The Morgan fingerprint density at radius 1 is 1.22 bits per heavy atom. The second kappa shape index (κ2) is 7.84. The van der Waals surface area contributed by atoms with Gasteiger partial charge in [0.05, 0.1) is 18.3 Å². The summed E-state index contributed by atoms with van der Waals surface area (Å²) in [6.07, 6.45) is 2.27. The van der Waals surface area contributed by atoms with Gasteiger partial charge in [0.1, 0.15) is 4.83 Å². The van der Waals surface area contributed by atoms with Gasteiger partial charge in [-0.3, -0.25) is 19.0 Å². The third-order valence-corrected chi connectivity index (χ3v) is 5.42. The summed E-state index contributed by atoms with van der Waals surface area (Å²) >= 11 is 1.50. The maximum absolute atomic E-state index is 12.6. The first kappa shape index (κ1) is 19.0. The number of fused-ring (bicyclic) bond motifs is 1. The first-order valence-electron chi connectivity index (χ1n) is 8.81. The van der Waals surface area contributed by atoms with Crippen LogP contribution in [-0.2, 0) is 17.8 Å². The highest BCUT2D eigenvalue weighted by Crippen LogP contribution is 2.21. The molecule has 0 unspecified atom stereocenters. The number of anilines is 1. The summed E-state index contributed by atoms with van der Waals surface area (Å²) in [7, 11) is 0. The molecule has 0 saturated heterocycles. The van der Waals surface area contributed by atoms with Crippen molar-refractivity contribution < 1.29 is 9.59 Å². The highest BCUT2D eigenvalue weighted by molar-refractivity contribution is 7.18. The highest BCUT2D eigenvalue weighted by Gasteiger charge is 2.13. The molecule has 140 valence electrons. The van der Waals surface area contributed by atoms with Crippen molar-refractivity contribution in [1.29, 1.82) is 0 Å². The third-order valence-electron chi connectivity index (χ3n) is 4.23. The van der Waals surface area contributed by atoms with Crippen LogP contribution < -0.4 is 10.9 Å². The fourth-order valence-corrected chi connectivity index (χ4v) is 3.49. The molecule has 1 aromatic carbocycles. The molecule has 3 aromatic rings. The van der Waals surface area contributed by atoms with Crippen LogP contribution in [0.3, 0.4) is 0 Å². The Balaban J connectivity index is 1.77. The van der Waals surface area contributed by atoms with Crippen molar-refractivity contribution in [2.45, 2.75) is 33.7 Å². The maximum atomic E-state index is 12.6. The van der Waals surface area contributed by atoms with Crippen LogP contribution in [0.4, 0.5) is 5.69 Å². The molecule has 1 amide bonds. The van der Waals surface area contributed by atoms with Gasteiger partial charge in [0.25, 0.3) is 5.56 Å². The average Bonchev–Trinajstić information content (AvgIpc) is 3.08. The van der Waals surface area contributed by atoms with E-state index in [2.05, 4.69) is 10.3 Å². The van der Waals surface area contributed by atoms with Gasteiger partial charge in [0.15, 0.2) is 5.78 Å². The van der Waals surface area contributed by atoms with Crippen molar-refractivity contribution in [3.8, 4) is 0 Å². The molecule has 0 radical (unpaired) electrons. The molecule has 0 saturated carbocycles. The lowest BCUT2D eigenvalue weighted by Crippen LogP contribution is -2.24. The quantitative estimate of drug-likeness (QED) is 0.661. The zero-order valence-electron chi connectivity index (χ0n) is 15.5. The van der Waals surface area contributed by atoms with Gasteiger partial charge in [-0.1, -0.05) is 20.8 Å². The second-order valence-corrected chi connectivity index (χ2v) is 7.72. The maximum Gasteiger partial charge on any atom is 0.262 e. The van der Waals surface area contributed by atoms with E-state index in [9.17, 15) is 14.4 Å². The summed E-state index contributed by atoms with van der Waals surface area (Å²) < 4.78 is 1.34. The summed E-state index contributed by atoms with van der Waals surface area (Å²) in [5.41, 5.74) is 0.907. The monoisotopic (exact) mass is 383 g/mol. The van der Waals surface area contributed by atoms with Crippen molar-refractivity contribution in [3.63, 3.8) is 0 Å². The molecule has 0 spiro atoms. The lowest BCUT2D eigenvalue weighted by Gasteiger charge is -2.09. The highest BCUT2D eigenvalue weighted by atomic mass is 32.1. The van der Waals surface area contributed by atoms with Crippen molar-refractivity contribution in [1.82, 2.24) is 9.55 Å². The summed E-state index contributed by atoms with van der Waals surface area (Å²) in [4.78, 5) is 42.9. The van der Waals surface area contributed by atoms with Crippen LogP contribution in [0.15, 0.2) is 41.5 Å². The molecule has 0 aliphatic carbocycles. The normalized spacial score (nSPS) is 11.1. The number of carbonyl (C=O) groups excluding carboxylic acids is 2. The predicted molar refractivity (Wildman–Crippen MR) is 107 cm³/mol. The Morgan fingerprint density at radius 3 is 2.56 bits per heavy atom. The van der Waals surface area contributed by atoms with Crippen LogP contribution in [0.2, 0.25) is 0 Å². The largest absolute Gasteiger partial charge is 0.326 e. The number of carbonyl (C=O) groups is 2. The Hall–Kier alpha value is -2.80. The van der Waals surface area contributed by atoms with Gasteiger partial charge in [0, 0.05) is 22.0 Å². The number of hydrogen-bond acceptors (Lipinski definition) is 5. The number of nitrogens with one attached hydrogen (secondary N) is 1. The van der Waals surface area contributed by atoms with Gasteiger partial charge in [-0.25, -0.2) is 4.98 Å². The van der Waals surface area contributed by atoms with Gasteiger partial charge in [-0.2, -0.15) is 0 Å². The van der Waals surface area contributed by atoms with E-state index in [1.807, 2.05) is 26.8 Å². The van der Waals surface area contributed by atoms with E-state index in [1.54, 1.807) is 24.3 Å². The molecule has 0 atom stereocenters.